The number of benzene rings is 3. The number of aromatic nitrogens is 8. The summed E-state index contributed by atoms with van der Waals surface area (Å²) >= 11 is 0. The Bertz CT molecular complexity index is 3170. The van der Waals surface area contributed by atoms with Gasteiger partial charge in [-0.3, -0.25) is 29.4 Å². The van der Waals surface area contributed by atoms with E-state index in [2.05, 4.69) is 92.3 Å². The molecule has 1 amide bonds. The number of non-ortho nitro benzene ring substituents is 1. The van der Waals surface area contributed by atoms with Crippen LogP contribution in [0.25, 0.3) is 22.8 Å². The molecular formula is C44H51N15O11S2. The predicted molar refractivity (Wildman–Crippen MR) is 261 cm³/mol. The maximum Gasteiger partial charge on any atom is 0.440 e. The van der Waals surface area contributed by atoms with Crippen molar-refractivity contribution in [2.24, 2.45) is 0 Å². The quantitative estimate of drug-likeness (QED) is 0.115. The van der Waals surface area contributed by atoms with Crippen molar-refractivity contribution < 1.29 is 45.1 Å². The number of aryl methyl sites for hydroxylation is 2. The number of nitro benzene ring substituents is 1. The lowest BCUT2D eigenvalue weighted by molar-refractivity contribution is -0.384. The Morgan fingerprint density at radius 2 is 1.18 bits per heavy atom. The van der Waals surface area contributed by atoms with Gasteiger partial charge < -0.3 is 24.0 Å². The summed E-state index contributed by atoms with van der Waals surface area (Å²) in [5, 5.41) is 29.5. The number of hydrogen-bond donors (Lipinski definition) is 3. The average molecular weight is 1030 g/mol. The molecule has 28 heteroatoms. The average Bonchev–Trinajstić information content (AvgIpc) is 4.20. The Kier molecular flexibility index (Phi) is 16.8. The highest BCUT2D eigenvalue weighted by molar-refractivity contribution is 7.92. The molecule has 3 aromatic carbocycles. The van der Waals surface area contributed by atoms with Gasteiger partial charge in [-0.1, -0.05) is 45.7 Å². The van der Waals surface area contributed by atoms with Gasteiger partial charge in [-0.25, -0.2) is 26.4 Å². The van der Waals surface area contributed by atoms with Crippen molar-refractivity contribution in [1.82, 2.24) is 59.9 Å². The molecule has 6 heterocycles. The molecular weight excluding hydrogens is 979 g/mol. The van der Waals surface area contributed by atoms with Crippen LogP contribution in [0.3, 0.4) is 0 Å². The molecule has 0 bridgehead atoms. The fraction of sp³-hybridized carbons (Fsp3) is 0.318. The molecule has 2 fully saturated rings. The molecule has 3 N–H and O–H groups in total. The van der Waals surface area contributed by atoms with Gasteiger partial charge in [0, 0.05) is 113 Å². The minimum absolute atomic E-state index is 0.0388. The third kappa shape index (κ3) is 15.0. The molecule has 0 unspecified atom stereocenters. The number of ether oxygens (including phenoxy) is 1. The van der Waals surface area contributed by atoms with Crippen LogP contribution in [0.4, 0.5) is 26.9 Å². The zero-order valence-electron chi connectivity index (χ0n) is 39.5. The summed E-state index contributed by atoms with van der Waals surface area (Å²) in [5.41, 5.74) is 6.55. The second-order valence-corrected chi connectivity index (χ2v) is 20.1. The van der Waals surface area contributed by atoms with Gasteiger partial charge in [0.25, 0.3) is 5.69 Å². The smallest absolute Gasteiger partial charge is 0.409 e. The lowest BCUT2D eigenvalue weighted by atomic mass is 10.0. The highest BCUT2D eigenvalue weighted by atomic mass is 32.2. The fourth-order valence-corrected chi connectivity index (χ4v) is 8.35. The van der Waals surface area contributed by atoms with E-state index < -0.39 is 31.1 Å². The zero-order chi connectivity index (χ0) is 51.4. The maximum atomic E-state index is 12.7. The molecule has 0 spiro atoms. The number of rotatable bonds is 12. The second kappa shape index (κ2) is 23.3. The van der Waals surface area contributed by atoms with Crippen LogP contribution in [0.2, 0.25) is 0 Å². The van der Waals surface area contributed by atoms with Crippen LogP contribution in [0.1, 0.15) is 22.3 Å². The standard InChI is InChI=1S/C19H23N7O4S.C14H18N4O.C11H10N4O6S/c1-14-3-4-15(16(11-14)18-20-13-30-22-18)12-24-7-9-25(10-8-24)19(27)26-6-5-17(21-26)23-31(2,28)29;1-11-2-3-12(9-18-6-4-15-5-7-18)13(8-11)14-16-10-19-17-14;1-22(19,20)13-10-6-7-14(12-10)11(16)21-9-4-2-8(3-5-9)15(17)18/h3-6,11,13H,7-10,12H2,1-2H3,(H,21,23);2-3,8,10,15H,4-7,9H2,1H3;2-7H,1H3,(H,12,13). The molecule has 72 heavy (non-hydrogen) atoms. The number of sulfonamides is 2. The van der Waals surface area contributed by atoms with E-state index in [1.165, 1.54) is 72.7 Å². The summed E-state index contributed by atoms with van der Waals surface area (Å²) in [5.74, 6) is 1.40. The first-order valence-electron chi connectivity index (χ1n) is 22.1. The monoisotopic (exact) mass is 1030 g/mol. The van der Waals surface area contributed by atoms with Gasteiger partial charge in [0.15, 0.2) is 11.6 Å². The summed E-state index contributed by atoms with van der Waals surface area (Å²) in [4.78, 5) is 49.1. The Hall–Kier alpha value is -7.92. The third-order valence-electron chi connectivity index (χ3n) is 10.8. The van der Waals surface area contributed by atoms with Gasteiger partial charge in [-0.2, -0.15) is 19.3 Å². The van der Waals surface area contributed by atoms with E-state index in [0.717, 1.165) is 76.9 Å². The predicted octanol–water partition coefficient (Wildman–Crippen LogP) is 4.06. The highest BCUT2D eigenvalue weighted by Crippen LogP contribution is 2.25. The first-order chi connectivity index (χ1) is 34.4. The van der Waals surface area contributed by atoms with Crippen LogP contribution in [-0.4, -0.2) is 153 Å². The van der Waals surface area contributed by atoms with Crippen molar-refractivity contribution in [1.29, 1.82) is 0 Å². The third-order valence-corrected chi connectivity index (χ3v) is 11.9. The Balaban J connectivity index is 0.000000164. The Morgan fingerprint density at radius 1 is 0.694 bits per heavy atom. The van der Waals surface area contributed by atoms with Gasteiger partial charge in [-0.05, 0) is 49.2 Å². The molecule has 4 aromatic heterocycles. The fourth-order valence-electron chi connectivity index (χ4n) is 7.37. The number of anilines is 2. The zero-order valence-corrected chi connectivity index (χ0v) is 41.1. The second-order valence-electron chi connectivity index (χ2n) is 16.6. The van der Waals surface area contributed by atoms with Crippen molar-refractivity contribution in [3.05, 3.63) is 130 Å². The normalized spacial score (nSPS) is 14.3. The molecule has 0 atom stereocenters. The van der Waals surface area contributed by atoms with Crippen LogP contribution in [0.5, 0.6) is 5.75 Å². The van der Waals surface area contributed by atoms with Crippen molar-refractivity contribution in [2.45, 2.75) is 26.9 Å². The molecule has 2 aliphatic heterocycles. The number of carbonyl (C=O) groups is 2. The van der Waals surface area contributed by atoms with Crippen molar-refractivity contribution >= 4 is 49.5 Å². The molecule has 9 rings (SSSR count). The van der Waals surface area contributed by atoms with Gasteiger partial charge >= 0.3 is 12.1 Å². The van der Waals surface area contributed by atoms with E-state index >= 15 is 0 Å². The van der Waals surface area contributed by atoms with Gasteiger partial charge in [-0.15, -0.1) is 10.2 Å². The van der Waals surface area contributed by atoms with Crippen molar-refractivity contribution in [2.75, 3.05) is 74.3 Å². The van der Waals surface area contributed by atoms with Gasteiger partial charge in [0.2, 0.25) is 44.5 Å². The number of piperazine rings is 2. The lowest BCUT2D eigenvalue weighted by Crippen LogP contribution is -2.49. The summed E-state index contributed by atoms with van der Waals surface area (Å²) in [6.07, 6.45) is 6.44. The number of nitro groups is 1. The van der Waals surface area contributed by atoms with Crippen molar-refractivity contribution in [3.8, 4) is 28.5 Å². The van der Waals surface area contributed by atoms with Crippen LogP contribution < -0.4 is 19.5 Å². The number of hydrogen-bond acceptors (Lipinski definition) is 20. The minimum Gasteiger partial charge on any atom is -0.409 e. The molecule has 380 valence electrons. The summed E-state index contributed by atoms with van der Waals surface area (Å²) in [6, 6.07) is 19.9. The van der Waals surface area contributed by atoms with Crippen LogP contribution >= 0.6 is 0 Å². The highest BCUT2D eigenvalue weighted by Gasteiger charge is 2.25. The summed E-state index contributed by atoms with van der Waals surface area (Å²) in [6.45, 7) is 12.5. The Morgan fingerprint density at radius 3 is 1.65 bits per heavy atom. The Labute approximate surface area is 413 Å². The van der Waals surface area contributed by atoms with E-state index in [-0.39, 0.29) is 29.1 Å². The van der Waals surface area contributed by atoms with E-state index in [1.807, 2.05) is 13.0 Å². The van der Waals surface area contributed by atoms with E-state index in [9.17, 15) is 36.5 Å². The molecule has 26 nitrogen and oxygen atoms in total. The first kappa shape index (κ1) is 51.9. The lowest BCUT2D eigenvalue weighted by Gasteiger charge is -2.34. The largest absolute Gasteiger partial charge is 0.440 e. The summed E-state index contributed by atoms with van der Waals surface area (Å²) in [7, 11) is -6.95. The first-order valence-corrected chi connectivity index (χ1v) is 25.8. The number of nitrogens with one attached hydrogen (secondary N) is 3. The topological polar surface area (TPSA) is 314 Å². The molecule has 2 aliphatic rings. The summed E-state index contributed by atoms with van der Waals surface area (Å²) < 4.78 is 65.7. The minimum atomic E-state index is -3.50. The maximum absolute atomic E-state index is 12.7. The number of nitrogens with zero attached hydrogens (tertiary/aromatic N) is 12. The molecule has 2 saturated heterocycles. The van der Waals surface area contributed by atoms with Gasteiger partial charge in [0.1, 0.15) is 5.75 Å². The van der Waals surface area contributed by atoms with E-state index in [4.69, 9.17) is 13.8 Å². The molecule has 0 radical (unpaired) electrons. The number of carbonyl (C=O) groups excluding carboxylic acids is 2. The van der Waals surface area contributed by atoms with Crippen LogP contribution in [-0.2, 0) is 33.1 Å². The van der Waals surface area contributed by atoms with E-state index in [1.54, 1.807) is 4.90 Å². The van der Waals surface area contributed by atoms with Crippen LogP contribution in [0.15, 0.2) is 107 Å². The SMILES string of the molecule is CS(=O)(=O)Nc1ccn(C(=O)Oc2ccc([N+](=O)[O-])cc2)n1.Cc1ccc(CN2CCN(C(=O)n3ccc(NS(C)(=O)=O)n3)CC2)c(-c2ncon2)c1.Cc1ccc(CN2CCNCC2)c(-c2ncon2)c1. The van der Waals surface area contributed by atoms with E-state index in [0.29, 0.717) is 44.4 Å². The van der Waals surface area contributed by atoms with Gasteiger partial charge in [0.05, 0.1) is 17.4 Å². The molecule has 0 saturated carbocycles. The van der Waals surface area contributed by atoms with Crippen LogP contribution in [0, 0.1) is 24.0 Å². The number of amides is 1. The van der Waals surface area contributed by atoms with Crippen molar-refractivity contribution in [3.63, 3.8) is 0 Å². The molecule has 0 aliphatic carbocycles. The molecule has 7 aromatic rings.